The van der Waals surface area contributed by atoms with Gasteiger partial charge in [-0.3, -0.25) is 0 Å². The Hall–Kier alpha value is -6.42. The summed E-state index contributed by atoms with van der Waals surface area (Å²) in [5.41, 5.74) is 9.81. The number of rotatable bonds is 12. The summed E-state index contributed by atoms with van der Waals surface area (Å²) < 4.78 is 76.0. The fraction of sp³-hybridized carbons (Fsp3) is 0.172. The van der Waals surface area contributed by atoms with Gasteiger partial charge in [-0.15, -0.1) is 28.8 Å². The molecular formula is C58H51N4OPt-3. The van der Waals surface area contributed by atoms with Gasteiger partial charge in [0.05, 0.1) is 13.5 Å². The molecule has 0 saturated heterocycles. The number of para-hydroxylation sites is 1. The maximum atomic E-state index is 8.69. The first-order valence-corrected chi connectivity index (χ1v) is 21.4. The van der Waals surface area contributed by atoms with E-state index in [1.54, 1.807) is 18.2 Å². The van der Waals surface area contributed by atoms with Crippen LogP contribution in [0.5, 0.6) is 5.75 Å². The van der Waals surface area contributed by atoms with E-state index in [1.807, 2.05) is 54.7 Å². The molecule has 7 aromatic carbocycles. The first-order chi connectivity index (χ1) is 34.1. The van der Waals surface area contributed by atoms with Crippen molar-refractivity contribution in [1.29, 1.82) is 0 Å². The Labute approximate surface area is 403 Å². The summed E-state index contributed by atoms with van der Waals surface area (Å²) in [4.78, 5) is 9.16. The Kier molecular flexibility index (Phi) is 9.76. The predicted molar refractivity (Wildman–Crippen MR) is 261 cm³/mol. The minimum atomic E-state index is -2.48. The van der Waals surface area contributed by atoms with Gasteiger partial charge in [0.1, 0.15) is 5.82 Å². The molecule has 0 aliphatic carbocycles. The smallest absolute Gasteiger partial charge is 0.135 e. The number of aryl methyl sites for hydroxylation is 1. The molecule has 1 aliphatic rings. The van der Waals surface area contributed by atoms with Gasteiger partial charge in [0.25, 0.3) is 0 Å². The third-order valence-corrected chi connectivity index (χ3v) is 11.8. The minimum Gasteiger partial charge on any atom is -0.517 e. The van der Waals surface area contributed by atoms with Crippen molar-refractivity contribution in [3.8, 4) is 33.8 Å². The Morgan fingerprint density at radius 2 is 1.56 bits per heavy atom. The van der Waals surface area contributed by atoms with Crippen LogP contribution in [0, 0.1) is 25.7 Å². The van der Waals surface area contributed by atoms with Crippen molar-refractivity contribution in [2.24, 2.45) is 0 Å². The molecule has 0 bridgehead atoms. The topological polar surface area (TPSA) is 33.5 Å². The normalized spacial score (nSPS) is 14.4. The molecule has 0 fully saturated rings. The van der Waals surface area contributed by atoms with Crippen molar-refractivity contribution >= 4 is 38.9 Å². The maximum Gasteiger partial charge on any atom is 0.135 e. The zero-order valence-electron chi connectivity index (χ0n) is 43.9. The average molecular weight is 1020 g/mol. The SMILES string of the molecule is [2H]c1c([2H])c([2H])c(-c2cccc(C([2H])([2H])[2H])c2CCCCN2[CH-]N(c3[c-]c(COc4[c-]c5c(cc4)c4ccccc4n5-c4cc(C(C)(C)C)ccn4)ccc3)c3ccc(-c4ccccc4)cc32)c([2H])c1[2H].[Pt]. The Morgan fingerprint density at radius 3 is 2.41 bits per heavy atom. The Bertz CT molecular complexity index is 3450. The molecule has 322 valence electrons. The van der Waals surface area contributed by atoms with Crippen molar-refractivity contribution in [3.63, 3.8) is 0 Å². The Balaban J connectivity index is 0.00000640. The Morgan fingerprint density at radius 1 is 0.734 bits per heavy atom. The van der Waals surface area contributed by atoms with Crippen molar-refractivity contribution in [2.45, 2.75) is 58.9 Å². The van der Waals surface area contributed by atoms with Crippen LogP contribution in [-0.2, 0) is 39.5 Å². The number of anilines is 3. The van der Waals surface area contributed by atoms with Gasteiger partial charge in [-0.2, -0.15) is 37.0 Å². The second kappa shape index (κ2) is 18.4. The van der Waals surface area contributed by atoms with Crippen LogP contribution in [0.15, 0.2) is 170 Å². The van der Waals surface area contributed by atoms with E-state index in [9.17, 15) is 0 Å². The fourth-order valence-electron chi connectivity index (χ4n) is 8.55. The van der Waals surface area contributed by atoms with Gasteiger partial charge in [-0.1, -0.05) is 129 Å². The monoisotopic (exact) mass is 1020 g/mol. The number of ether oxygens (including phenoxy) is 1. The summed E-state index contributed by atoms with van der Waals surface area (Å²) in [5, 5.41) is 2.17. The summed E-state index contributed by atoms with van der Waals surface area (Å²) in [6, 6.07) is 49.2. The molecule has 5 nitrogen and oxygen atoms in total. The van der Waals surface area contributed by atoms with E-state index < -0.39 is 25.0 Å². The van der Waals surface area contributed by atoms with E-state index in [-0.39, 0.29) is 56.3 Å². The molecule has 0 N–H and O–H groups in total. The first kappa shape index (κ1) is 34.0. The van der Waals surface area contributed by atoms with Crippen molar-refractivity contribution in [1.82, 2.24) is 9.55 Å². The molecule has 2 aromatic heterocycles. The number of aromatic nitrogens is 2. The van der Waals surface area contributed by atoms with Crippen LogP contribution in [0.3, 0.4) is 0 Å². The number of benzene rings is 7. The van der Waals surface area contributed by atoms with Gasteiger partial charge in [0, 0.05) is 54.0 Å². The number of nitrogens with zero attached hydrogens (tertiary/aromatic N) is 4. The molecule has 64 heavy (non-hydrogen) atoms. The first-order valence-electron chi connectivity index (χ1n) is 25.4. The number of hydrogen-bond donors (Lipinski definition) is 0. The third kappa shape index (κ3) is 8.62. The molecule has 0 radical (unpaired) electrons. The zero-order chi connectivity index (χ0) is 49.8. The van der Waals surface area contributed by atoms with E-state index in [1.165, 1.54) is 5.56 Å². The average Bonchev–Trinajstić information content (AvgIpc) is 3.91. The summed E-state index contributed by atoms with van der Waals surface area (Å²) >= 11 is 0. The van der Waals surface area contributed by atoms with Crippen LogP contribution in [0.1, 0.15) is 66.8 Å². The van der Waals surface area contributed by atoms with Crippen LogP contribution in [-0.4, -0.2) is 16.1 Å². The fourth-order valence-corrected chi connectivity index (χ4v) is 8.55. The summed E-state index contributed by atoms with van der Waals surface area (Å²) in [5.74, 6) is 1.43. The van der Waals surface area contributed by atoms with Gasteiger partial charge in [0.2, 0.25) is 0 Å². The molecule has 10 rings (SSSR count). The molecule has 6 heteroatoms. The van der Waals surface area contributed by atoms with E-state index in [4.69, 9.17) is 20.7 Å². The number of hydrogen-bond acceptors (Lipinski definition) is 4. The van der Waals surface area contributed by atoms with Gasteiger partial charge in [-0.25, -0.2) is 4.98 Å². The maximum absolute atomic E-state index is 8.69. The molecule has 0 spiro atoms. The van der Waals surface area contributed by atoms with Crippen LogP contribution in [0.25, 0.3) is 49.9 Å². The van der Waals surface area contributed by atoms with Crippen molar-refractivity contribution < 1.29 is 36.8 Å². The zero-order valence-corrected chi connectivity index (χ0v) is 38.2. The van der Waals surface area contributed by atoms with E-state index in [2.05, 4.69) is 121 Å². The van der Waals surface area contributed by atoms with Gasteiger partial charge >= 0.3 is 0 Å². The summed E-state index contributed by atoms with van der Waals surface area (Å²) in [6.45, 7) is 7.05. The molecule has 0 atom stereocenters. The van der Waals surface area contributed by atoms with Crippen molar-refractivity contribution in [3.05, 3.63) is 211 Å². The molecule has 3 heterocycles. The van der Waals surface area contributed by atoms with Gasteiger partial charge < -0.3 is 19.1 Å². The second-order valence-electron chi connectivity index (χ2n) is 17.0. The number of fused-ring (bicyclic) bond motifs is 4. The molecule has 0 amide bonds. The summed E-state index contributed by atoms with van der Waals surface area (Å²) in [6.07, 6.45) is 3.42. The van der Waals surface area contributed by atoms with Gasteiger partial charge in [-0.05, 0) is 113 Å². The molecule has 0 unspecified atom stereocenters. The molecule has 0 saturated carbocycles. The largest absolute Gasteiger partial charge is 0.517 e. The standard InChI is InChI=1S/C58H51N4O.Pt/c1-41-17-15-26-50(44-21-9-6-10-22-44)49(41)24-13-14-34-60-40-61(54-31-28-45(36-56(54)60)43-19-7-5-8-20-43)47-23-16-18-42(35-47)39-63-48-29-30-52-51-25-11-12-27-53(51)62(55(52)38-48)57-37-46(32-33-59-57)58(2,3)4;/h5-12,15-23,25-33,36-37,40H,13-14,24,34,39H2,1-4H3;/q-3;/i1D3,6D,9D,10D,21D,22D;. The predicted octanol–water partition coefficient (Wildman–Crippen LogP) is 14.4. The number of unbranched alkanes of at least 4 members (excludes halogenated alkanes) is 1. The van der Waals surface area contributed by atoms with E-state index in [0.717, 1.165) is 61.4 Å². The molecule has 9 aromatic rings. The minimum absolute atomic E-state index is 0. The number of pyridine rings is 1. The van der Waals surface area contributed by atoms with Crippen LogP contribution in [0.2, 0.25) is 0 Å². The van der Waals surface area contributed by atoms with Crippen LogP contribution < -0.4 is 14.5 Å². The molecule has 1 aliphatic heterocycles. The van der Waals surface area contributed by atoms with Crippen LogP contribution in [0.4, 0.5) is 17.1 Å². The molecular weight excluding hydrogens is 964 g/mol. The van der Waals surface area contributed by atoms with Gasteiger partial charge in [0.15, 0.2) is 0 Å². The summed E-state index contributed by atoms with van der Waals surface area (Å²) in [7, 11) is 0. The third-order valence-electron chi connectivity index (χ3n) is 11.8. The van der Waals surface area contributed by atoms with E-state index in [0.29, 0.717) is 42.7 Å². The van der Waals surface area contributed by atoms with E-state index >= 15 is 0 Å². The van der Waals surface area contributed by atoms with Crippen LogP contribution >= 0.6 is 0 Å². The second-order valence-corrected chi connectivity index (χ2v) is 17.0. The van der Waals surface area contributed by atoms with Crippen molar-refractivity contribution in [2.75, 3.05) is 16.3 Å². The quantitative estimate of drug-likeness (QED) is 0.0902.